The quantitative estimate of drug-likeness (QED) is 0.800. The molecule has 5 unspecified atom stereocenters. The molecule has 2 aliphatic heterocycles. The van der Waals surface area contributed by atoms with Gasteiger partial charge in [-0.05, 0) is 44.1 Å². The molecule has 4 nitrogen and oxygen atoms in total. The Balaban J connectivity index is 1.62. The molecular weight excluding hydrogens is 262 g/mol. The Morgan fingerprint density at radius 3 is 2.67 bits per heavy atom. The number of piperidine rings is 1. The summed E-state index contributed by atoms with van der Waals surface area (Å²) in [5.74, 6) is 1.58. The number of hydrogen-bond donors (Lipinski definition) is 1. The van der Waals surface area contributed by atoms with Crippen molar-refractivity contribution >= 4 is 5.91 Å². The summed E-state index contributed by atoms with van der Waals surface area (Å²) in [6, 6.07) is 0.814. The van der Waals surface area contributed by atoms with E-state index >= 15 is 0 Å². The average molecular weight is 293 g/mol. The highest BCUT2D eigenvalue weighted by atomic mass is 16.2. The molecule has 1 saturated carbocycles. The van der Waals surface area contributed by atoms with Crippen LogP contribution in [0.3, 0.4) is 0 Å². The molecule has 3 fully saturated rings. The molecule has 2 saturated heterocycles. The lowest BCUT2D eigenvalue weighted by atomic mass is 9.72. The predicted molar refractivity (Wildman–Crippen MR) is 84.8 cm³/mol. The van der Waals surface area contributed by atoms with Crippen LogP contribution in [0.5, 0.6) is 0 Å². The van der Waals surface area contributed by atoms with Gasteiger partial charge in [0.15, 0.2) is 0 Å². The minimum atomic E-state index is 0.159. The molecule has 3 aliphatic rings. The van der Waals surface area contributed by atoms with Crippen molar-refractivity contribution in [3.05, 3.63) is 0 Å². The lowest BCUT2D eigenvalue weighted by Crippen LogP contribution is -2.58. The van der Waals surface area contributed by atoms with E-state index < -0.39 is 0 Å². The van der Waals surface area contributed by atoms with Gasteiger partial charge < -0.3 is 10.6 Å². The standard InChI is InChI=1S/C17H31N3O/c1-12-9-13(2)16(18)10-15(12)17(21)20-8-7-19-6-4-3-5-14(19)11-20/h12-16H,3-11,18H2,1-2H3. The zero-order valence-corrected chi connectivity index (χ0v) is 13.6. The second-order valence-electron chi connectivity index (χ2n) is 7.67. The second kappa shape index (κ2) is 6.25. The van der Waals surface area contributed by atoms with Gasteiger partial charge in [0, 0.05) is 37.6 Å². The van der Waals surface area contributed by atoms with Crippen molar-refractivity contribution in [2.75, 3.05) is 26.2 Å². The monoisotopic (exact) mass is 293 g/mol. The van der Waals surface area contributed by atoms with Crippen LogP contribution < -0.4 is 5.73 Å². The first-order valence-electron chi connectivity index (χ1n) is 8.84. The van der Waals surface area contributed by atoms with E-state index in [2.05, 4.69) is 23.6 Å². The smallest absolute Gasteiger partial charge is 0.226 e. The van der Waals surface area contributed by atoms with Gasteiger partial charge in [0.05, 0.1) is 0 Å². The third-order valence-corrected chi connectivity index (χ3v) is 6.15. The van der Waals surface area contributed by atoms with Crippen molar-refractivity contribution in [1.29, 1.82) is 0 Å². The van der Waals surface area contributed by atoms with Gasteiger partial charge in [-0.25, -0.2) is 0 Å². The van der Waals surface area contributed by atoms with Crippen molar-refractivity contribution in [3.63, 3.8) is 0 Å². The van der Waals surface area contributed by atoms with Crippen LogP contribution in [0.15, 0.2) is 0 Å². The highest BCUT2D eigenvalue weighted by Gasteiger charge is 2.39. The van der Waals surface area contributed by atoms with Crippen molar-refractivity contribution < 1.29 is 4.79 Å². The molecule has 0 spiro atoms. The Labute approximate surface area is 129 Å². The van der Waals surface area contributed by atoms with Gasteiger partial charge in [-0.2, -0.15) is 0 Å². The molecule has 0 aromatic heterocycles. The molecule has 0 aromatic rings. The minimum absolute atomic E-state index is 0.159. The number of piperazine rings is 1. The third kappa shape index (κ3) is 3.11. The van der Waals surface area contributed by atoms with Crippen molar-refractivity contribution in [2.24, 2.45) is 23.5 Å². The zero-order chi connectivity index (χ0) is 15.0. The highest BCUT2D eigenvalue weighted by molar-refractivity contribution is 5.79. The molecule has 2 N–H and O–H groups in total. The van der Waals surface area contributed by atoms with Crippen molar-refractivity contribution in [3.8, 4) is 0 Å². The lowest BCUT2D eigenvalue weighted by molar-refractivity contribution is -0.142. The summed E-state index contributed by atoms with van der Waals surface area (Å²) in [6.45, 7) is 8.63. The number of rotatable bonds is 1. The summed E-state index contributed by atoms with van der Waals surface area (Å²) >= 11 is 0. The third-order valence-electron chi connectivity index (χ3n) is 6.15. The highest BCUT2D eigenvalue weighted by Crippen LogP contribution is 2.34. The fourth-order valence-corrected chi connectivity index (χ4v) is 4.62. The van der Waals surface area contributed by atoms with Gasteiger partial charge in [0.2, 0.25) is 5.91 Å². The molecule has 2 heterocycles. The molecule has 1 aliphatic carbocycles. The number of carbonyl (C=O) groups excluding carboxylic acids is 1. The van der Waals surface area contributed by atoms with Crippen molar-refractivity contribution in [1.82, 2.24) is 9.80 Å². The summed E-state index contributed by atoms with van der Waals surface area (Å²) in [6.07, 6.45) is 5.90. The van der Waals surface area contributed by atoms with E-state index in [1.54, 1.807) is 0 Å². The van der Waals surface area contributed by atoms with Crippen LogP contribution in [0.25, 0.3) is 0 Å². The van der Waals surface area contributed by atoms with Gasteiger partial charge in [0.25, 0.3) is 0 Å². The molecule has 0 radical (unpaired) electrons. The number of hydrogen-bond acceptors (Lipinski definition) is 3. The topological polar surface area (TPSA) is 49.6 Å². The molecular formula is C17H31N3O. The summed E-state index contributed by atoms with van der Waals surface area (Å²) < 4.78 is 0. The van der Waals surface area contributed by atoms with Gasteiger partial charge in [-0.1, -0.05) is 20.3 Å². The molecule has 120 valence electrons. The summed E-state index contributed by atoms with van der Waals surface area (Å²) in [4.78, 5) is 17.7. The van der Waals surface area contributed by atoms with Gasteiger partial charge >= 0.3 is 0 Å². The minimum Gasteiger partial charge on any atom is -0.340 e. The first-order chi connectivity index (χ1) is 10.1. The second-order valence-corrected chi connectivity index (χ2v) is 7.67. The predicted octanol–water partition coefficient (Wildman–Crippen LogP) is 1.69. The maximum Gasteiger partial charge on any atom is 0.226 e. The van der Waals surface area contributed by atoms with Gasteiger partial charge in [-0.15, -0.1) is 0 Å². The fraction of sp³-hybridized carbons (Fsp3) is 0.941. The molecule has 4 heteroatoms. The Morgan fingerprint density at radius 1 is 1.05 bits per heavy atom. The summed E-state index contributed by atoms with van der Waals surface area (Å²) in [5, 5.41) is 0. The van der Waals surface area contributed by atoms with Crippen LogP contribution in [0.2, 0.25) is 0 Å². The largest absolute Gasteiger partial charge is 0.340 e. The molecule has 0 bridgehead atoms. The van der Waals surface area contributed by atoms with Crippen molar-refractivity contribution in [2.45, 2.75) is 58.0 Å². The number of fused-ring (bicyclic) bond motifs is 1. The summed E-state index contributed by atoms with van der Waals surface area (Å²) in [7, 11) is 0. The molecule has 21 heavy (non-hydrogen) atoms. The normalized spacial score (nSPS) is 41.7. The Morgan fingerprint density at radius 2 is 1.86 bits per heavy atom. The van der Waals surface area contributed by atoms with E-state index in [0.717, 1.165) is 32.5 Å². The number of nitrogens with zero attached hydrogens (tertiary/aromatic N) is 2. The molecule has 3 rings (SSSR count). The van der Waals surface area contributed by atoms with E-state index in [4.69, 9.17) is 5.73 Å². The zero-order valence-electron chi connectivity index (χ0n) is 13.6. The van der Waals surface area contributed by atoms with Crippen LogP contribution >= 0.6 is 0 Å². The first kappa shape index (κ1) is 15.3. The van der Waals surface area contributed by atoms with E-state index in [9.17, 15) is 4.79 Å². The number of amides is 1. The Hall–Kier alpha value is -0.610. The molecule has 0 aromatic carbocycles. The molecule has 5 atom stereocenters. The lowest BCUT2D eigenvalue weighted by Gasteiger charge is -2.46. The Kier molecular flexibility index (Phi) is 4.55. The maximum absolute atomic E-state index is 12.9. The number of carbonyl (C=O) groups is 1. The molecule has 1 amide bonds. The van der Waals surface area contributed by atoms with E-state index in [0.29, 0.717) is 23.8 Å². The van der Waals surface area contributed by atoms with Crippen LogP contribution in [-0.4, -0.2) is 54.0 Å². The van der Waals surface area contributed by atoms with E-state index in [1.807, 2.05) is 0 Å². The summed E-state index contributed by atoms with van der Waals surface area (Å²) in [5.41, 5.74) is 6.23. The first-order valence-corrected chi connectivity index (χ1v) is 8.84. The average Bonchev–Trinajstić information content (AvgIpc) is 2.50. The van der Waals surface area contributed by atoms with Crippen LogP contribution in [0.4, 0.5) is 0 Å². The fourth-order valence-electron chi connectivity index (χ4n) is 4.62. The van der Waals surface area contributed by atoms with E-state index in [1.165, 1.54) is 25.8 Å². The SMILES string of the molecule is CC1CC(C)C(C(=O)N2CCN3CCCCC3C2)CC1N. The van der Waals surface area contributed by atoms with Gasteiger partial charge in [0.1, 0.15) is 0 Å². The maximum atomic E-state index is 12.9. The van der Waals surface area contributed by atoms with E-state index in [-0.39, 0.29) is 12.0 Å². The number of nitrogens with two attached hydrogens (primary N) is 1. The van der Waals surface area contributed by atoms with Crippen LogP contribution in [0, 0.1) is 17.8 Å². The van der Waals surface area contributed by atoms with Gasteiger partial charge in [-0.3, -0.25) is 9.69 Å². The Bertz CT molecular complexity index is 386. The van der Waals surface area contributed by atoms with Crippen LogP contribution in [-0.2, 0) is 4.79 Å². The van der Waals surface area contributed by atoms with Crippen LogP contribution in [0.1, 0.15) is 46.0 Å².